The molecule has 20 heavy (non-hydrogen) atoms. The van der Waals surface area contributed by atoms with E-state index in [9.17, 15) is 14.9 Å². The molecule has 0 aromatic heterocycles. The van der Waals surface area contributed by atoms with Crippen molar-refractivity contribution in [1.82, 2.24) is 0 Å². The topological polar surface area (TPSA) is 69.4 Å². The summed E-state index contributed by atoms with van der Waals surface area (Å²) in [6, 6.07) is 13.0. The lowest BCUT2D eigenvalue weighted by Gasteiger charge is -1.98. The van der Waals surface area contributed by atoms with Crippen molar-refractivity contribution in [3.8, 4) is 5.75 Å². The molecule has 0 amide bonds. The molecule has 0 radical (unpaired) electrons. The number of benzene rings is 2. The molecule has 0 N–H and O–H groups in total. The number of nitro groups is 1. The van der Waals surface area contributed by atoms with E-state index in [-0.39, 0.29) is 17.2 Å². The summed E-state index contributed by atoms with van der Waals surface area (Å²) in [4.78, 5) is 22.3. The van der Waals surface area contributed by atoms with E-state index in [2.05, 4.69) is 0 Å². The molecule has 1 aliphatic heterocycles. The van der Waals surface area contributed by atoms with Gasteiger partial charge in [0.2, 0.25) is 5.78 Å². The molecular formula is C15H9NO4. The molecule has 98 valence electrons. The van der Waals surface area contributed by atoms with Crippen molar-refractivity contribution in [2.45, 2.75) is 0 Å². The smallest absolute Gasteiger partial charge is 0.270 e. The number of ketones is 1. The first-order valence-corrected chi connectivity index (χ1v) is 5.93. The number of non-ortho nitro benzene ring substituents is 1. The zero-order valence-corrected chi connectivity index (χ0v) is 10.3. The predicted octanol–water partition coefficient (Wildman–Crippen LogP) is 3.21. The van der Waals surface area contributed by atoms with E-state index in [1.165, 1.54) is 18.2 Å². The molecule has 0 spiro atoms. The predicted molar refractivity (Wildman–Crippen MR) is 72.5 cm³/mol. The molecule has 0 aliphatic carbocycles. The second-order valence-electron chi connectivity index (χ2n) is 4.29. The van der Waals surface area contributed by atoms with Gasteiger partial charge in [0, 0.05) is 12.1 Å². The fourth-order valence-corrected chi connectivity index (χ4v) is 2.02. The van der Waals surface area contributed by atoms with Gasteiger partial charge < -0.3 is 4.74 Å². The monoisotopic (exact) mass is 267 g/mol. The Kier molecular flexibility index (Phi) is 2.80. The molecule has 0 fully saturated rings. The molecule has 2 aromatic carbocycles. The third-order valence-electron chi connectivity index (χ3n) is 2.95. The summed E-state index contributed by atoms with van der Waals surface area (Å²) >= 11 is 0. The molecule has 0 saturated carbocycles. The lowest BCUT2D eigenvalue weighted by Crippen LogP contribution is -1.98. The van der Waals surface area contributed by atoms with E-state index < -0.39 is 4.92 Å². The highest BCUT2D eigenvalue weighted by Gasteiger charge is 2.26. The van der Waals surface area contributed by atoms with Crippen LogP contribution in [0.3, 0.4) is 0 Å². The number of hydrogen-bond donors (Lipinski definition) is 0. The van der Waals surface area contributed by atoms with E-state index >= 15 is 0 Å². The molecule has 1 heterocycles. The number of nitrogens with zero attached hydrogens (tertiary/aromatic N) is 1. The minimum absolute atomic E-state index is 0.0256. The Morgan fingerprint density at radius 3 is 2.65 bits per heavy atom. The van der Waals surface area contributed by atoms with E-state index in [4.69, 9.17) is 4.74 Å². The average molecular weight is 267 g/mol. The Balaban J connectivity index is 1.97. The molecular weight excluding hydrogens is 258 g/mol. The lowest BCUT2D eigenvalue weighted by molar-refractivity contribution is -0.384. The molecule has 0 atom stereocenters. The summed E-state index contributed by atoms with van der Waals surface area (Å²) in [6.45, 7) is 0. The number of hydrogen-bond acceptors (Lipinski definition) is 4. The number of Topliss-reactive ketones (excluding diaryl/α,β-unsaturated/α-hetero) is 1. The van der Waals surface area contributed by atoms with Gasteiger partial charge in [0.15, 0.2) is 5.76 Å². The SMILES string of the molecule is O=C1/C(=C\c2cccc([N+](=O)[O-])c2)Oc2ccccc21. The van der Waals surface area contributed by atoms with Crippen molar-refractivity contribution in [3.63, 3.8) is 0 Å². The van der Waals surface area contributed by atoms with Crippen LogP contribution in [0.5, 0.6) is 5.75 Å². The number of para-hydroxylation sites is 1. The molecule has 1 aliphatic rings. The number of rotatable bonds is 2. The number of carbonyl (C=O) groups is 1. The van der Waals surface area contributed by atoms with Crippen LogP contribution >= 0.6 is 0 Å². The van der Waals surface area contributed by atoms with Gasteiger partial charge in [-0.3, -0.25) is 14.9 Å². The summed E-state index contributed by atoms with van der Waals surface area (Å²) in [5.41, 5.74) is 1.03. The summed E-state index contributed by atoms with van der Waals surface area (Å²) in [5.74, 6) is 0.466. The average Bonchev–Trinajstić information content (AvgIpc) is 2.76. The first-order valence-electron chi connectivity index (χ1n) is 5.93. The fraction of sp³-hybridized carbons (Fsp3) is 0. The molecule has 2 aromatic rings. The Morgan fingerprint density at radius 2 is 1.90 bits per heavy atom. The number of nitro benzene ring substituents is 1. The molecule has 0 saturated heterocycles. The molecule has 5 heteroatoms. The van der Waals surface area contributed by atoms with E-state index in [1.54, 1.807) is 36.4 Å². The van der Waals surface area contributed by atoms with Gasteiger partial charge in [-0.05, 0) is 23.8 Å². The number of ether oxygens (including phenoxy) is 1. The van der Waals surface area contributed by atoms with Crippen LogP contribution < -0.4 is 4.74 Å². The third kappa shape index (κ3) is 2.05. The van der Waals surface area contributed by atoms with Gasteiger partial charge in [0.25, 0.3) is 5.69 Å². The van der Waals surface area contributed by atoms with Gasteiger partial charge in [-0.25, -0.2) is 0 Å². The highest BCUT2D eigenvalue weighted by molar-refractivity contribution is 6.14. The van der Waals surface area contributed by atoms with Crippen LogP contribution in [0.15, 0.2) is 54.3 Å². The second-order valence-corrected chi connectivity index (χ2v) is 4.29. The number of allylic oxidation sites excluding steroid dienone is 1. The van der Waals surface area contributed by atoms with Gasteiger partial charge in [-0.2, -0.15) is 0 Å². The van der Waals surface area contributed by atoms with Crippen molar-refractivity contribution >= 4 is 17.5 Å². The lowest BCUT2D eigenvalue weighted by atomic mass is 10.1. The zero-order chi connectivity index (χ0) is 14.1. The summed E-state index contributed by atoms with van der Waals surface area (Å²) in [7, 11) is 0. The minimum atomic E-state index is -0.478. The fourth-order valence-electron chi connectivity index (χ4n) is 2.02. The third-order valence-corrected chi connectivity index (χ3v) is 2.95. The van der Waals surface area contributed by atoms with Gasteiger partial charge in [-0.1, -0.05) is 24.3 Å². The van der Waals surface area contributed by atoms with Crippen LogP contribution in [0.1, 0.15) is 15.9 Å². The molecule has 0 unspecified atom stereocenters. The van der Waals surface area contributed by atoms with Crippen LogP contribution in [0.4, 0.5) is 5.69 Å². The Hall–Kier alpha value is -2.95. The summed E-state index contributed by atoms with van der Waals surface area (Å²) < 4.78 is 5.47. The Bertz CT molecular complexity index is 749. The Morgan fingerprint density at radius 1 is 1.10 bits per heavy atom. The normalized spacial score (nSPS) is 15.0. The maximum atomic E-state index is 12.1. The first-order chi connectivity index (χ1) is 9.65. The number of carbonyl (C=O) groups excluding carboxylic acids is 1. The standard InChI is InChI=1S/C15H9NO4/c17-15-12-6-1-2-7-13(12)20-14(15)9-10-4-3-5-11(8-10)16(18)19/h1-9H/b14-9+. The van der Waals surface area contributed by atoms with E-state index in [0.29, 0.717) is 16.9 Å². The van der Waals surface area contributed by atoms with E-state index in [1.807, 2.05) is 0 Å². The number of fused-ring (bicyclic) bond motifs is 1. The van der Waals surface area contributed by atoms with Crippen LogP contribution in [-0.4, -0.2) is 10.7 Å². The van der Waals surface area contributed by atoms with Crippen LogP contribution in [0, 0.1) is 10.1 Å². The van der Waals surface area contributed by atoms with Gasteiger partial charge in [-0.15, -0.1) is 0 Å². The Labute approximate surface area is 114 Å². The van der Waals surface area contributed by atoms with Crippen molar-refractivity contribution in [2.24, 2.45) is 0 Å². The quantitative estimate of drug-likeness (QED) is 0.476. The molecule has 5 nitrogen and oxygen atoms in total. The highest BCUT2D eigenvalue weighted by Crippen LogP contribution is 2.31. The minimum Gasteiger partial charge on any atom is -0.452 e. The van der Waals surface area contributed by atoms with Crippen molar-refractivity contribution in [2.75, 3.05) is 0 Å². The second kappa shape index (κ2) is 4.62. The maximum absolute atomic E-state index is 12.1. The highest BCUT2D eigenvalue weighted by atomic mass is 16.6. The van der Waals surface area contributed by atoms with Crippen LogP contribution in [0.2, 0.25) is 0 Å². The van der Waals surface area contributed by atoms with Crippen molar-refractivity contribution in [1.29, 1.82) is 0 Å². The van der Waals surface area contributed by atoms with Gasteiger partial charge in [0.1, 0.15) is 5.75 Å². The van der Waals surface area contributed by atoms with Gasteiger partial charge >= 0.3 is 0 Å². The first kappa shape index (κ1) is 12.1. The summed E-state index contributed by atoms with van der Waals surface area (Å²) in [5, 5.41) is 10.7. The van der Waals surface area contributed by atoms with Crippen molar-refractivity contribution in [3.05, 3.63) is 75.5 Å². The largest absolute Gasteiger partial charge is 0.452 e. The zero-order valence-electron chi connectivity index (χ0n) is 10.3. The van der Waals surface area contributed by atoms with Gasteiger partial charge in [0.05, 0.1) is 10.5 Å². The summed E-state index contributed by atoms with van der Waals surface area (Å²) in [6.07, 6.45) is 1.51. The molecule has 3 rings (SSSR count). The van der Waals surface area contributed by atoms with Crippen molar-refractivity contribution < 1.29 is 14.5 Å². The molecule has 0 bridgehead atoms. The van der Waals surface area contributed by atoms with E-state index in [0.717, 1.165) is 0 Å². The van der Waals surface area contributed by atoms with Crippen LogP contribution in [0.25, 0.3) is 6.08 Å². The van der Waals surface area contributed by atoms with Crippen LogP contribution in [-0.2, 0) is 0 Å². The maximum Gasteiger partial charge on any atom is 0.270 e.